The quantitative estimate of drug-likeness (QED) is 0.673. The van der Waals surface area contributed by atoms with E-state index in [2.05, 4.69) is 16.9 Å². The van der Waals surface area contributed by atoms with Gasteiger partial charge in [0.2, 0.25) is 5.91 Å². The first-order valence-corrected chi connectivity index (χ1v) is 6.30. The maximum absolute atomic E-state index is 11.9. The Hall–Kier alpha value is -2.95. The van der Waals surface area contributed by atoms with Gasteiger partial charge in [0.25, 0.3) is 0 Å². The molecule has 2 aromatic rings. The van der Waals surface area contributed by atoms with Gasteiger partial charge < -0.3 is 10.1 Å². The van der Waals surface area contributed by atoms with Crippen molar-refractivity contribution in [1.29, 1.82) is 0 Å². The molecule has 0 radical (unpaired) electrons. The van der Waals surface area contributed by atoms with E-state index in [1.54, 1.807) is 42.6 Å². The third kappa shape index (κ3) is 4.28. The molecule has 21 heavy (non-hydrogen) atoms. The molecule has 1 heterocycles. The number of carbonyl (C=O) groups is 2. The minimum atomic E-state index is -0.454. The van der Waals surface area contributed by atoms with E-state index in [4.69, 9.17) is 4.74 Å². The molecule has 5 nitrogen and oxygen atoms in total. The second kappa shape index (κ2) is 7.00. The number of aromatic nitrogens is 1. The molecule has 0 saturated carbocycles. The predicted octanol–water partition coefficient (Wildman–Crippen LogP) is 2.10. The van der Waals surface area contributed by atoms with Crippen molar-refractivity contribution >= 4 is 11.9 Å². The summed E-state index contributed by atoms with van der Waals surface area (Å²) >= 11 is 0. The largest absolute Gasteiger partial charge is 0.421 e. The minimum absolute atomic E-state index is 0.241. The molecule has 0 aliphatic rings. The van der Waals surface area contributed by atoms with Gasteiger partial charge in [0, 0.05) is 12.7 Å². The van der Waals surface area contributed by atoms with Crippen molar-refractivity contribution < 1.29 is 14.3 Å². The zero-order chi connectivity index (χ0) is 15.1. The summed E-state index contributed by atoms with van der Waals surface area (Å²) < 4.78 is 5.17. The van der Waals surface area contributed by atoms with Gasteiger partial charge in [-0.25, -0.2) is 4.79 Å². The lowest BCUT2D eigenvalue weighted by Gasteiger charge is -2.05. The lowest BCUT2D eigenvalue weighted by Crippen LogP contribution is -2.20. The number of hydrogen-bond acceptors (Lipinski definition) is 4. The Kier molecular flexibility index (Phi) is 4.82. The molecule has 1 aromatic carbocycles. The van der Waals surface area contributed by atoms with Gasteiger partial charge in [-0.15, -0.1) is 0 Å². The maximum atomic E-state index is 11.9. The summed E-state index contributed by atoms with van der Waals surface area (Å²) in [5.41, 5.74) is 1.31. The highest BCUT2D eigenvalue weighted by molar-refractivity contribution is 5.91. The number of benzene rings is 1. The third-order valence-corrected chi connectivity index (χ3v) is 2.69. The average molecular weight is 282 g/mol. The number of hydrogen-bond donors (Lipinski definition) is 1. The molecule has 0 fully saturated rings. The summed E-state index contributed by atoms with van der Waals surface area (Å²) in [6.45, 7) is 3.75. The molecule has 106 valence electrons. The van der Waals surface area contributed by atoms with Crippen LogP contribution < -0.4 is 10.1 Å². The Morgan fingerprint density at radius 1 is 1.24 bits per heavy atom. The average Bonchev–Trinajstić information content (AvgIpc) is 2.54. The van der Waals surface area contributed by atoms with Crippen LogP contribution in [0.3, 0.4) is 0 Å². The summed E-state index contributed by atoms with van der Waals surface area (Å²) in [5.74, 6) is -0.301. The van der Waals surface area contributed by atoms with Crippen LogP contribution in [0.2, 0.25) is 0 Å². The highest BCUT2D eigenvalue weighted by Crippen LogP contribution is 2.11. The van der Waals surface area contributed by atoms with Crippen LogP contribution in [0.25, 0.3) is 0 Å². The number of ether oxygens (including phenoxy) is 1. The number of rotatable bonds is 5. The summed E-state index contributed by atoms with van der Waals surface area (Å²) in [4.78, 5) is 26.8. The van der Waals surface area contributed by atoms with Gasteiger partial charge in [0.15, 0.2) is 0 Å². The highest BCUT2D eigenvalue weighted by Gasteiger charge is 2.08. The van der Waals surface area contributed by atoms with E-state index >= 15 is 0 Å². The number of nitrogens with zero attached hydrogens (tertiary/aromatic N) is 1. The Bertz CT molecular complexity index is 636. The van der Waals surface area contributed by atoms with E-state index in [0.717, 1.165) is 5.56 Å². The van der Waals surface area contributed by atoms with Crippen LogP contribution in [-0.2, 0) is 11.3 Å². The Balaban J connectivity index is 1.96. The molecule has 0 atom stereocenters. The lowest BCUT2D eigenvalue weighted by atomic mass is 10.1. The van der Waals surface area contributed by atoms with Crippen molar-refractivity contribution in [3.05, 3.63) is 72.6 Å². The molecule has 0 unspecified atom stereocenters. The second-order valence-corrected chi connectivity index (χ2v) is 4.20. The first kappa shape index (κ1) is 14.5. The number of pyridine rings is 1. The molecule has 5 heteroatoms. The summed E-state index contributed by atoms with van der Waals surface area (Å²) in [7, 11) is 0. The number of esters is 1. The van der Waals surface area contributed by atoms with Crippen molar-refractivity contribution in [3.8, 4) is 5.75 Å². The van der Waals surface area contributed by atoms with Gasteiger partial charge in [0.1, 0.15) is 5.75 Å². The van der Waals surface area contributed by atoms with E-state index in [-0.39, 0.29) is 5.91 Å². The van der Waals surface area contributed by atoms with Crippen LogP contribution in [0, 0.1) is 0 Å². The van der Waals surface area contributed by atoms with Gasteiger partial charge in [-0.1, -0.05) is 18.7 Å². The molecule has 2 rings (SSSR count). The molecule has 0 spiro atoms. The van der Waals surface area contributed by atoms with Crippen LogP contribution >= 0.6 is 0 Å². The molecule has 1 amide bonds. The predicted molar refractivity (Wildman–Crippen MR) is 77.7 cm³/mol. The van der Waals surface area contributed by atoms with E-state index in [0.29, 0.717) is 17.9 Å². The summed E-state index contributed by atoms with van der Waals surface area (Å²) in [5, 5.41) is 2.66. The van der Waals surface area contributed by atoms with Crippen molar-refractivity contribution in [3.63, 3.8) is 0 Å². The van der Waals surface area contributed by atoms with Gasteiger partial charge in [-0.05, 0) is 35.9 Å². The van der Waals surface area contributed by atoms with Crippen molar-refractivity contribution in [1.82, 2.24) is 10.3 Å². The van der Waals surface area contributed by atoms with Crippen LogP contribution in [0.15, 0.2) is 61.4 Å². The smallest absolute Gasteiger partial charge is 0.343 e. The van der Waals surface area contributed by atoms with Gasteiger partial charge >= 0.3 is 5.97 Å². The summed E-state index contributed by atoms with van der Waals surface area (Å²) in [6, 6.07) is 10.1. The van der Waals surface area contributed by atoms with Crippen LogP contribution in [0.1, 0.15) is 15.9 Å². The topological polar surface area (TPSA) is 68.3 Å². The number of nitrogens with one attached hydrogen (secondary N) is 1. The zero-order valence-corrected chi connectivity index (χ0v) is 11.3. The van der Waals surface area contributed by atoms with Gasteiger partial charge in [0.05, 0.1) is 11.8 Å². The summed E-state index contributed by atoms with van der Waals surface area (Å²) in [6.07, 6.45) is 4.28. The molecule has 0 aliphatic carbocycles. The first-order chi connectivity index (χ1) is 10.2. The molecule has 1 aromatic heterocycles. The SMILES string of the molecule is C=CC(=O)NCc1ccc(C(=O)Oc2cccnc2)cc1. The molecule has 0 bridgehead atoms. The van der Waals surface area contributed by atoms with E-state index in [1.165, 1.54) is 12.3 Å². The van der Waals surface area contributed by atoms with E-state index < -0.39 is 5.97 Å². The van der Waals surface area contributed by atoms with E-state index in [1.807, 2.05) is 0 Å². The van der Waals surface area contributed by atoms with Crippen molar-refractivity contribution in [2.75, 3.05) is 0 Å². The normalized spacial score (nSPS) is 9.71. The Labute approximate surface area is 122 Å². The Morgan fingerprint density at radius 3 is 2.62 bits per heavy atom. The molecule has 1 N–H and O–H groups in total. The molecule has 0 saturated heterocycles. The monoisotopic (exact) mass is 282 g/mol. The second-order valence-electron chi connectivity index (χ2n) is 4.20. The highest BCUT2D eigenvalue weighted by atomic mass is 16.5. The van der Waals surface area contributed by atoms with Gasteiger partial charge in [-0.3, -0.25) is 9.78 Å². The first-order valence-electron chi connectivity index (χ1n) is 6.30. The number of amides is 1. The number of carbonyl (C=O) groups excluding carboxylic acids is 2. The van der Waals surface area contributed by atoms with Crippen LogP contribution in [-0.4, -0.2) is 16.9 Å². The van der Waals surface area contributed by atoms with E-state index in [9.17, 15) is 9.59 Å². The zero-order valence-electron chi connectivity index (χ0n) is 11.3. The van der Waals surface area contributed by atoms with Crippen molar-refractivity contribution in [2.24, 2.45) is 0 Å². The third-order valence-electron chi connectivity index (χ3n) is 2.69. The maximum Gasteiger partial charge on any atom is 0.343 e. The molecule has 0 aliphatic heterocycles. The molecular weight excluding hydrogens is 268 g/mol. The fraction of sp³-hybridized carbons (Fsp3) is 0.0625. The standard InChI is InChI=1S/C16H14N2O3/c1-2-15(19)18-10-12-5-7-13(8-6-12)16(20)21-14-4-3-9-17-11-14/h2-9,11H,1,10H2,(H,18,19). The minimum Gasteiger partial charge on any atom is -0.421 e. The fourth-order valence-corrected chi connectivity index (χ4v) is 1.59. The van der Waals surface area contributed by atoms with Crippen LogP contribution in [0.4, 0.5) is 0 Å². The lowest BCUT2D eigenvalue weighted by molar-refractivity contribution is -0.116. The Morgan fingerprint density at radius 2 is 2.00 bits per heavy atom. The van der Waals surface area contributed by atoms with Gasteiger partial charge in [-0.2, -0.15) is 0 Å². The molecular formula is C16H14N2O3. The fourth-order valence-electron chi connectivity index (χ4n) is 1.59. The van der Waals surface area contributed by atoms with Crippen molar-refractivity contribution in [2.45, 2.75) is 6.54 Å². The van der Waals surface area contributed by atoms with Crippen LogP contribution in [0.5, 0.6) is 5.75 Å².